The van der Waals surface area contributed by atoms with Gasteiger partial charge < -0.3 is 13.7 Å². The summed E-state index contributed by atoms with van der Waals surface area (Å²) < 4.78 is 123. The molecular formula is C54H35N3. The van der Waals surface area contributed by atoms with E-state index in [0.29, 0.717) is 22.1 Å². The monoisotopic (exact) mass is 738 g/mol. The van der Waals surface area contributed by atoms with Crippen LogP contribution in [-0.4, -0.2) is 13.7 Å². The molecule has 12 aromatic rings. The minimum atomic E-state index is -0.718. The molecule has 57 heavy (non-hydrogen) atoms. The van der Waals surface area contributed by atoms with Gasteiger partial charge in [-0.25, -0.2) is 0 Å². The van der Waals surface area contributed by atoms with Crippen molar-refractivity contribution >= 4 is 65.4 Å². The van der Waals surface area contributed by atoms with E-state index in [-0.39, 0.29) is 5.69 Å². The highest BCUT2D eigenvalue weighted by Crippen LogP contribution is 2.42. The second-order valence-corrected chi connectivity index (χ2v) is 13.9. The van der Waals surface area contributed by atoms with Crippen LogP contribution in [0.15, 0.2) is 212 Å². The van der Waals surface area contributed by atoms with Crippen LogP contribution in [-0.2, 0) is 0 Å². The fraction of sp³-hybridized carbons (Fsp3) is 0. The topological polar surface area (TPSA) is 14.8 Å². The molecule has 3 nitrogen and oxygen atoms in total. The minimum Gasteiger partial charge on any atom is -0.309 e. The standard InChI is InChI=1S/C54H35N3/c1-3-16-36(17-4-1)38-32-39(37-18-5-2-6-19-37)34-41(33-38)56-47-24-11-7-22-44(47)45-31-30-40(35-53(45)56)55-50-27-14-10-23-46(50)54-51(55)28-15-29-52(54)57-48-25-12-8-20-42(48)43-21-9-13-26-49(43)57/h1-35H/i1D,2D,3D,4D,5D,6D,16D,17D,18D,19D,32D,33D,34D. The minimum absolute atomic E-state index is 0.196. The van der Waals surface area contributed by atoms with Crippen LogP contribution in [0.5, 0.6) is 0 Å². The predicted octanol–water partition coefficient (Wildman–Crippen LogP) is 14.3. The zero-order valence-electron chi connectivity index (χ0n) is 43.0. The molecule has 12 rings (SSSR count). The maximum absolute atomic E-state index is 9.98. The summed E-state index contributed by atoms with van der Waals surface area (Å²) in [7, 11) is 0. The van der Waals surface area contributed by atoms with Gasteiger partial charge in [0.25, 0.3) is 0 Å². The van der Waals surface area contributed by atoms with Crippen molar-refractivity contribution in [2.75, 3.05) is 0 Å². The molecule has 266 valence electrons. The fourth-order valence-corrected chi connectivity index (χ4v) is 8.55. The van der Waals surface area contributed by atoms with Crippen LogP contribution in [0.1, 0.15) is 17.8 Å². The Morgan fingerprint density at radius 2 is 0.772 bits per heavy atom. The van der Waals surface area contributed by atoms with E-state index >= 15 is 0 Å². The van der Waals surface area contributed by atoms with E-state index in [9.17, 15) is 4.11 Å². The van der Waals surface area contributed by atoms with Crippen molar-refractivity contribution in [3.05, 3.63) is 212 Å². The van der Waals surface area contributed by atoms with Crippen molar-refractivity contribution in [3.63, 3.8) is 0 Å². The molecule has 0 aliphatic rings. The summed E-state index contributed by atoms with van der Waals surface area (Å²) in [4.78, 5) is 0. The van der Waals surface area contributed by atoms with Crippen molar-refractivity contribution in [3.8, 4) is 39.3 Å². The predicted molar refractivity (Wildman–Crippen MR) is 240 cm³/mol. The normalized spacial score (nSPS) is 15.1. The largest absolute Gasteiger partial charge is 0.309 e. The van der Waals surface area contributed by atoms with Crippen molar-refractivity contribution < 1.29 is 17.8 Å². The third kappa shape index (κ3) is 4.79. The third-order valence-corrected chi connectivity index (χ3v) is 10.9. The van der Waals surface area contributed by atoms with Crippen LogP contribution in [0.2, 0.25) is 0 Å². The molecule has 0 saturated heterocycles. The highest BCUT2D eigenvalue weighted by atomic mass is 15.0. The molecule has 0 N–H and O–H groups in total. The van der Waals surface area contributed by atoms with E-state index < -0.39 is 101 Å². The lowest BCUT2D eigenvalue weighted by Gasteiger charge is -2.15. The summed E-state index contributed by atoms with van der Waals surface area (Å²) in [6.07, 6.45) is 0. The Kier molecular flexibility index (Phi) is 4.69. The van der Waals surface area contributed by atoms with Gasteiger partial charge >= 0.3 is 0 Å². The third-order valence-electron chi connectivity index (χ3n) is 10.9. The highest BCUT2D eigenvalue weighted by Gasteiger charge is 2.21. The Hall–Kier alpha value is -7.62. The van der Waals surface area contributed by atoms with Gasteiger partial charge in [-0.3, -0.25) is 0 Å². The Morgan fingerprint density at radius 1 is 0.316 bits per heavy atom. The first-order valence-corrected chi connectivity index (χ1v) is 18.6. The van der Waals surface area contributed by atoms with Gasteiger partial charge in [0, 0.05) is 43.7 Å². The zero-order chi connectivity index (χ0) is 48.8. The smallest absolute Gasteiger partial charge is 0.0651 e. The number of aromatic nitrogens is 3. The average molecular weight is 739 g/mol. The Morgan fingerprint density at radius 3 is 1.35 bits per heavy atom. The van der Waals surface area contributed by atoms with Crippen LogP contribution < -0.4 is 0 Å². The van der Waals surface area contributed by atoms with Crippen molar-refractivity contribution in [2.45, 2.75) is 0 Å². The highest BCUT2D eigenvalue weighted by molar-refractivity contribution is 6.17. The van der Waals surface area contributed by atoms with E-state index in [1.54, 1.807) is 16.7 Å². The number of rotatable bonds is 5. The Bertz CT molecular complexity index is 4090. The van der Waals surface area contributed by atoms with Gasteiger partial charge in [-0.15, -0.1) is 0 Å². The fourth-order valence-electron chi connectivity index (χ4n) is 8.55. The van der Waals surface area contributed by atoms with E-state index in [1.807, 2.05) is 72.8 Å². The molecule has 0 saturated carbocycles. The van der Waals surface area contributed by atoms with Gasteiger partial charge in [0.05, 0.1) is 56.6 Å². The van der Waals surface area contributed by atoms with E-state index in [2.05, 4.69) is 57.7 Å². The first-order chi connectivity index (χ1) is 33.7. The number of hydrogen-bond acceptors (Lipinski definition) is 0. The Balaban J connectivity index is 1.21. The van der Waals surface area contributed by atoms with Crippen LogP contribution in [0.3, 0.4) is 0 Å². The van der Waals surface area contributed by atoms with Crippen LogP contribution in [0, 0.1) is 0 Å². The molecule has 0 amide bonds. The van der Waals surface area contributed by atoms with Gasteiger partial charge in [0.2, 0.25) is 0 Å². The number of nitrogens with zero attached hydrogens (tertiary/aromatic N) is 3. The SMILES string of the molecule is [2H]c1c([2H])c([2H])c(-c2c([2H])c(-c3c([2H])c([2H])c([2H])c([2H])c3[2H])c([2H])c(-n3c4ccccc4c4ccc(-n5c6ccccc6c6c(-n7c8ccccc8c8ccccc87)cccc65)cc43)c2[2H])c([2H])c1[2H]. The lowest BCUT2D eigenvalue weighted by atomic mass is 9.98. The quantitative estimate of drug-likeness (QED) is 0.167. The van der Waals surface area contributed by atoms with Crippen molar-refractivity contribution in [1.29, 1.82) is 0 Å². The van der Waals surface area contributed by atoms with Gasteiger partial charge in [0.15, 0.2) is 0 Å². The van der Waals surface area contributed by atoms with Crippen LogP contribution in [0.25, 0.3) is 105 Å². The summed E-state index contributed by atoms with van der Waals surface area (Å²) >= 11 is 0. The maximum Gasteiger partial charge on any atom is 0.0651 e. The first kappa shape index (κ1) is 21.5. The van der Waals surface area contributed by atoms with Crippen LogP contribution in [0.4, 0.5) is 0 Å². The molecule has 3 heteroatoms. The molecule has 3 aromatic heterocycles. The number of hydrogen-bond donors (Lipinski definition) is 0. The van der Waals surface area contributed by atoms with Crippen molar-refractivity contribution in [2.24, 2.45) is 0 Å². The first-order valence-electron chi connectivity index (χ1n) is 25.1. The van der Waals surface area contributed by atoms with E-state index in [0.717, 1.165) is 54.7 Å². The summed E-state index contributed by atoms with van der Waals surface area (Å²) in [5, 5.41) is 5.70. The molecule has 0 radical (unpaired) electrons. The van der Waals surface area contributed by atoms with Gasteiger partial charge in [-0.1, -0.05) is 145 Å². The number of benzene rings is 9. The summed E-state index contributed by atoms with van der Waals surface area (Å²) in [6, 6.07) is 35.4. The molecule has 0 unspecified atom stereocenters. The van der Waals surface area contributed by atoms with E-state index in [4.69, 9.17) is 13.7 Å². The summed E-state index contributed by atoms with van der Waals surface area (Å²) in [5.41, 5.74) is 4.51. The lowest BCUT2D eigenvalue weighted by Crippen LogP contribution is -1.98. The number of fused-ring (bicyclic) bond motifs is 9. The van der Waals surface area contributed by atoms with Gasteiger partial charge in [0.1, 0.15) is 0 Å². The second kappa shape index (κ2) is 12.5. The number of para-hydroxylation sites is 4. The van der Waals surface area contributed by atoms with Crippen molar-refractivity contribution in [1.82, 2.24) is 13.7 Å². The maximum atomic E-state index is 9.98. The molecule has 0 aliphatic heterocycles. The zero-order valence-corrected chi connectivity index (χ0v) is 30.0. The molecular weight excluding hydrogens is 691 g/mol. The summed E-state index contributed by atoms with van der Waals surface area (Å²) in [6.45, 7) is 0. The molecule has 0 bridgehead atoms. The van der Waals surface area contributed by atoms with Crippen LogP contribution >= 0.6 is 0 Å². The van der Waals surface area contributed by atoms with Gasteiger partial charge in [-0.2, -0.15) is 0 Å². The molecule has 0 aliphatic carbocycles. The lowest BCUT2D eigenvalue weighted by molar-refractivity contribution is 1.15. The molecule has 9 aromatic carbocycles. The Labute approximate surface area is 347 Å². The van der Waals surface area contributed by atoms with Gasteiger partial charge in [-0.05, 0) is 88.9 Å². The van der Waals surface area contributed by atoms with E-state index in [1.165, 1.54) is 0 Å². The molecule has 0 spiro atoms. The average Bonchev–Trinajstić information content (AvgIpc) is 4.01. The molecule has 3 heterocycles. The summed E-state index contributed by atoms with van der Waals surface area (Å²) in [5.74, 6) is 0. The second-order valence-electron chi connectivity index (χ2n) is 13.9. The molecule has 0 fully saturated rings. The molecule has 0 atom stereocenters.